The summed E-state index contributed by atoms with van der Waals surface area (Å²) < 4.78 is 0. The number of para-hydroxylation sites is 1. The van der Waals surface area contributed by atoms with Crippen molar-refractivity contribution in [3.8, 4) is 0 Å². The number of anilines is 1. The minimum absolute atomic E-state index is 0.317. The topological polar surface area (TPSA) is 63.1 Å². The van der Waals surface area contributed by atoms with Crippen LogP contribution < -0.4 is 15.5 Å². The summed E-state index contributed by atoms with van der Waals surface area (Å²) >= 11 is 0. The monoisotopic (exact) mass is 437 g/mol. The summed E-state index contributed by atoms with van der Waals surface area (Å²) in [6.07, 6.45) is 2.26. The average molecular weight is 438 g/mol. The van der Waals surface area contributed by atoms with Gasteiger partial charge >= 0.3 is 0 Å². The maximum Gasteiger partial charge on any atom is 0.191 e. The minimum Gasteiger partial charge on any atom is -0.384 e. The molecule has 0 aliphatic carbocycles. The lowest BCUT2D eigenvalue weighted by Crippen LogP contribution is -2.46. The van der Waals surface area contributed by atoms with Gasteiger partial charge in [-0.05, 0) is 50.9 Å². The van der Waals surface area contributed by atoms with Crippen molar-refractivity contribution in [1.29, 1.82) is 0 Å². The van der Waals surface area contributed by atoms with E-state index in [4.69, 9.17) is 0 Å². The van der Waals surface area contributed by atoms with Crippen molar-refractivity contribution < 1.29 is 5.11 Å². The van der Waals surface area contributed by atoms with Crippen LogP contribution in [0.5, 0.6) is 0 Å². The van der Waals surface area contributed by atoms with Crippen molar-refractivity contribution in [1.82, 2.24) is 15.5 Å². The van der Waals surface area contributed by atoms with Gasteiger partial charge in [0.15, 0.2) is 5.96 Å². The molecule has 174 valence electrons. The first-order valence-corrected chi connectivity index (χ1v) is 11.9. The van der Waals surface area contributed by atoms with Crippen LogP contribution in [0.15, 0.2) is 65.7 Å². The van der Waals surface area contributed by atoms with Crippen molar-refractivity contribution in [2.75, 3.05) is 57.3 Å². The number of aliphatic hydroxyl groups is 1. The number of rotatable bonds is 10. The number of nitrogens with one attached hydrogen (secondary N) is 2. The smallest absolute Gasteiger partial charge is 0.191 e. The molecule has 1 aliphatic heterocycles. The quantitative estimate of drug-likeness (QED) is 0.303. The largest absolute Gasteiger partial charge is 0.384 e. The SMILES string of the molecule is CCNC(=NCC(C)(O)c1ccccc1)NCCCCN1CCN(c2ccccc2)CC1. The van der Waals surface area contributed by atoms with Crippen molar-refractivity contribution >= 4 is 11.6 Å². The molecule has 2 aromatic rings. The third-order valence-corrected chi connectivity index (χ3v) is 5.97. The lowest BCUT2D eigenvalue weighted by molar-refractivity contribution is 0.0672. The first-order valence-electron chi connectivity index (χ1n) is 11.9. The molecule has 0 saturated carbocycles. The van der Waals surface area contributed by atoms with Crippen LogP contribution in [-0.4, -0.2) is 68.3 Å². The Morgan fingerprint density at radius 2 is 1.59 bits per heavy atom. The van der Waals surface area contributed by atoms with E-state index in [1.165, 1.54) is 12.1 Å². The summed E-state index contributed by atoms with van der Waals surface area (Å²) in [5.41, 5.74) is 1.23. The van der Waals surface area contributed by atoms with Crippen LogP contribution >= 0.6 is 0 Å². The van der Waals surface area contributed by atoms with E-state index in [1.807, 2.05) is 37.3 Å². The minimum atomic E-state index is -0.981. The molecule has 0 aromatic heterocycles. The molecule has 2 aromatic carbocycles. The first kappa shape index (κ1) is 24.1. The van der Waals surface area contributed by atoms with Gasteiger partial charge in [0.1, 0.15) is 5.60 Å². The lowest BCUT2D eigenvalue weighted by Gasteiger charge is -2.36. The Hall–Kier alpha value is -2.57. The maximum absolute atomic E-state index is 10.8. The van der Waals surface area contributed by atoms with E-state index in [0.717, 1.165) is 63.8 Å². The molecule has 0 radical (unpaired) electrons. The van der Waals surface area contributed by atoms with Crippen LogP contribution in [-0.2, 0) is 5.60 Å². The molecule has 1 atom stereocenters. The fourth-order valence-electron chi connectivity index (χ4n) is 4.00. The number of hydrogen-bond acceptors (Lipinski definition) is 4. The van der Waals surface area contributed by atoms with Crippen LogP contribution in [0.4, 0.5) is 5.69 Å². The van der Waals surface area contributed by atoms with Crippen LogP contribution in [0, 0.1) is 0 Å². The van der Waals surface area contributed by atoms with Gasteiger partial charge in [0, 0.05) is 45.0 Å². The van der Waals surface area contributed by atoms with E-state index in [0.29, 0.717) is 6.54 Å². The predicted molar refractivity (Wildman–Crippen MR) is 134 cm³/mol. The van der Waals surface area contributed by atoms with Crippen molar-refractivity contribution in [3.05, 3.63) is 66.2 Å². The summed E-state index contributed by atoms with van der Waals surface area (Å²) in [5, 5.41) is 17.5. The molecule has 32 heavy (non-hydrogen) atoms. The van der Waals surface area contributed by atoms with E-state index in [-0.39, 0.29) is 0 Å². The molecule has 0 bridgehead atoms. The third-order valence-electron chi connectivity index (χ3n) is 5.97. The molecule has 6 heteroatoms. The molecule has 6 nitrogen and oxygen atoms in total. The van der Waals surface area contributed by atoms with Gasteiger partial charge in [0.25, 0.3) is 0 Å². The van der Waals surface area contributed by atoms with Gasteiger partial charge in [-0.25, -0.2) is 4.99 Å². The summed E-state index contributed by atoms with van der Waals surface area (Å²) in [5.74, 6) is 0.764. The second-order valence-electron chi connectivity index (χ2n) is 8.63. The van der Waals surface area contributed by atoms with E-state index >= 15 is 0 Å². The highest BCUT2D eigenvalue weighted by atomic mass is 16.3. The zero-order valence-electron chi connectivity index (χ0n) is 19.6. The van der Waals surface area contributed by atoms with Gasteiger partial charge in [-0.1, -0.05) is 48.5 Å². The molecule has 1 aliphatic rings. The fraction of sp³-hybridized carbons (Fsp3) is 0.500. The number of guanidine groups is 1. The Bertz CT molecular complexity index is 801. The second-order valence-corrected chi connectivity index (χ2v) is 8.63. The Morgan fingerprint density at radius 1 is 0.938 bits per heavy atom. The standard InChI is InChI=1S/C26H39N5O/c1-3-27-25(29-22-26(2,32)23-12-6-4-7-13-23)28-16-10-11-17-30-18-20-31(21-19-30)24-14-8-5-9-15-24/h4-9,12-15,32H,3,10-11,16-22H2,1-2H3,(H2,27,28,29). The third kappa shape index (κ3) is 7.53. The number of hydrogen-bond donors (Lipinski definition) is 3. The Morgan fingerprint density at radius 3 is 2.25 bits per heavy atom. The highest BCUT2D eigenvalue weighted by molar-refractivity contribution is 5.79. The number of aliphatic imine (C=N–C) groups is 1. The molecule has 0 spiro atoms. The van der Waals surface area contributed by atoms with Gasteiger partial charge in [-0.2, -0.15) is 0 Å². The molecular weight excluding hydrogens is 398 g/mol. The van der Waals surface area contributed by atoms with Gasteiger partial charge in [0.2, 0.25) is 0 Å². The highest BCUT2D eigenvalue weighted by Crippen LogP contribution is 2.20. The molecule has 1 fully saturated rings. The van der Waals surface area contributed by atoms with Crippen LogP contribution in [0.2, 0.25) is 0 Å². The summed E-state index contributed by atoms with van der Waals surface area (Å²) in [4.78, 5) is 9.65. The molecule has 3 N–H and O–H groups in total. The summed E-state index contributed by atoms with van der Waals surface area (Å²) in [6.45, 7) is 11.4. The van der Waals surface area contributed by atoms with Crippen LogP contribution in [0.25, 0.3) is 0 Å². The predicted octanol–water partition coefficient (Wildman–Crippen LogP) is 3.05. The first-order chi connectivity index (χ1) is 15.6. The van der Waals surface area contributed by atoms with E-state index in [1.54, 1.807) is 0 Å². The Kier molecular flexibility index (Phi) is 9.38. The van der Waals surface area contributed by atoms with E-state index in [9.17, 15) is 5.11 Å². The van der Waals surface area contributed by atoms with Crippen molar-refractivity contribution in [2.24, 2.45) is 4.99 Å². The molecule has 1 heterocycles. The average Bonchev–Trinajstić information content (AvgIpc) is 2.84. The Labute approximate surface area is 193 Å². The number of piperazine rings is 1. The second kappa shape index (κ2) is 12.5. The van der Waals surface area contributed by atoms with Crippen molar-refractivity contribution in [2.45, 2.75) is 32.3 Å². The van der Waals surface area contributed by atoms with E-state index < -0.39 is 5.60 Å². The fourth-order valence-corrected chi connectivity index (χ4v) is 4.00. The number of nitrogens with zero attached hydrogens (tertiary/aromatic N) is 3. The zero-order chi connectivity index (χ0) is 22.7. The molecule has 3 rings (SSSR count). The van der Waals surface area contributed by atoms with Gasteiger partial charge < -0.3 is 20.6 Å². The lowest BCUT2D eigenvalue weighted by atomic mass is 9.96. The number of unbranched alkanes of at least 4 members (excludes halogenated alkanes) is 1. The molecule has 0 amide bonds. The van der Waals surface area contributed by atoms with Gasteiger partial charge in [0.05, 0.1) is 6.54 Å². The Balaban J connectivity index is 1.35. The van der Waals surface area contributed by atoms with E-state index in [2.05, 4.69) is 62.7 Å². The number of benzene rings is 2. The molecular formula is C26H39N5O. The maximum atomic E-state index is 10.8. The molecule has 1 unspecified atom stereocenters. The van der Waals surface area contributed by atoms with Crippen molar-refractivity contribution in [3.63, 3.8) is 0 Å². The summed E-state index contributed by atoms with van der Waals surface area (Å²) in [6, 6.07) is 20.4. The zero-order valence-corrected chi connectivity index (χ0v) is 19.6. The van der Waals surface area contributed by atoms with Crippen LogP contribution in [0.3, 0.4) is 0 Å². The van der Waals surface area contributed by atoms with Gasteiger partial charge in [-0.15, -0.1) is 0 Å². The molecule has 1 saturated heterocycles. The summed E-state index contributed by atoms with van der Waals surface area (Å²) in [7, 11) is 0. The highest BCUT2D eigenvalue weighted by Gasteiger charge is 2.22. The van der Waals surface area contributed by atoms with Gasteiger partial charge in [-0.3, -0.25) is 4.90 Å². The normalized spacial score (nSPS) is 17.1. The van der Waals surface area contributed by atoms with Crippen LogP contribution in [0.1, 0.15) is 32.3 Å².